The summed E-state index contributed by atoms with van der Waals surface area (Å²) < 4.78 is 24.9. The molecule has 0 atom stereocenters. The molecule has 0 saturated carbocycles. The number of aryl methyl sites for hydroxylation is 1. The van der Waals surface area contributed by atoms with Gasteiger partial charge in [-0.3, -0.25) is 0 Å². The van der Waals surface area contributed by atoms with Crippen LogP contribution in [0.5, 0.6) is 0 Å². The molecule has 0 unspecified atom stereocenters. The summed E-state index contributed by atoms with van der Waals surface area (Å²) in [6.45, 7) is 2.67. The predicted molar refractivity (Wildman–Crippen MR) is 65.8 cm³/mol. The summed E-state index contributed by atoms with van der Waals surface area (Å²) in [5.41, 5.74) is 7.93. The normalized spacial score (nSPS) is 12.2. The van der Waals surface area contributed by atoms with Crippen LogP contribution >= 0.6 is 11.3 Å². The average Bonchev–Trinajstić information content (AvgIpc) is 2.61. The Morgan fingerprint density at radius 1 is 1.56 bits per heavy atom. The molecule has 7 heteroatoms. The fraction of sp³-hybridized carbons (Fsp3) is 0.667. The molecule has 0 spiro atoms. The maximum absolute atomic E-state index is 11.8. The van der Waals surface area contributed by atoms with Crippen LogP contribution in [0.4, 0.5) is 0 Å². The van der Waals surface area contributed by atoms with Crippen molar-refractivity contribution in [1.82, 2.24) is 9.29 Å². The summed E-state index contributed by atoms with van der Waals surface area (Å²) >= 11 is 1.48. The highest BCUT2D eigenvalue weighted by Gasteiger charge is 2.18. The molecule has 2 N–H and O–H groups in total. The van der Waals surface area contributed by atoms with Gasteiger partial charge >= 0.3 is 0 Å². The van der Waals surface area contributed by atoms with E-state index in [2.05, 4.69) is 4.98 Å². The first-order chi connectivity index (χ1) is 7.47. The number of thiazole rings is 1. The Hall–Kier alpha value is -0.500. The van der Waals surface area contributed by atoms with Gasteiger partial charge in [-0.2, -0.15) is 4.31 Å². The highest BCUT2D eigenvalue weighted by Crippen LogP contribution is 2.16. The molecular weight excluding hydrogens is 246 g/mol. The second kappa shape index (κ2) is 5.72. The maximum Gasteiger partial charge on any atom is 0.214 e. The van der Waals surface area contributed by atoms with Crippen molar-refractivity contribution in [2.45, 2.75) is 19.9 Å². The first kappa shape index (κ1) is 13.6. The molecule has 0 aliphatic heterocycles. The van der Waals surface area contributed by atoms with Crippen molar-refractivity contribution in [3.63, 3.8) is 0 Å². The van der Waals surface area contributed by atoms with Crippen LogP contribution in [0.1, 0.15) is 17.0 Å². The molecule has 0 radical (unpaired) electrons. The first-order valence-electron chi connectivity index (χ1n) is 5.00. The van der Waals surface area contributed by atoms with Gasteiger partial charge in [-0.05, 0) is 19.9 Å². The van der Waals surface area contributed by atoms with E-state index < -0.39 is 10.0 Å². The minimum absolute atomic E-state index is 0.109. The molecule has 1 rings (SSSR count). The molecule has 1 aromatic rings. The van der Waals surface area contributed by atoms with Crippen LogP contribution in [-0.2, 0) is 16.6 Å². The summed E-state index contributed by atoms with van der Waals surface area (Å²) in [4.78, 5) is 5.08. The van der Waals surface area contributed by atoms with Crippen molar-refractivity contribution >= 4 is 21.4 Å². The molecule has 0 aliphatic carbocycles. The van der Waals surface area contributed by atoms with Gasteiger partial charge in [0.2, 0.25) is 10.0 Å². The van der Waals surface area contributed by atoms with Gasteiger partial charge in [0.05, 0.1) is 17.0 Å². The lowest BCUT2D eigenvalue weighted by atomic mass is 10.4. The zero-order valence-corrected chi connectivity index (χ0v) is 11.1. The molecule has 16 heavy (non-hydrogen) atoms. The minimum atomic E-state index is -3.18. The summed E-state index contributed by atoms with van der Waals surface area (Å²) in [7, 11) is -1.59. The number of hydrogen-bond donors (Lipinski definition) is 1. The van der Waals surface area contributed by atoms with Crippen molar-refractivity contribution in [3.8, 4) is 0 Å². The second-order valence-corrected chi connectivity index (χ2v) is 6.71. The zero-order valence-electron chi connectivity index (χ0n) is 9.51. The highest BCUT2D eigenvalue weighted by molar-refractivity contribution is 7.89. The Bertz CT molecular complexity index is 428. The van der Waals surface area contributed by atoms with Gasteiger partial charge in [0.1, 0.15) is 0 Å². The summed E-state index contributed by atoms with van der Waals surface area (Å²) in [5.74, 6) is 0.109. The zero-order chi connectivity index (χ0) is 12.2. The summed E-state index contributed by atoms with van der Waals surface area (Å²) in [6.07, 6.45) is 0.494. The maximum atomic E-state index is 11.8. The van der Waals surface area contributed by atoms with E-state index in [9.17, 15) is 8.42 Å². The number of nitrogens with two attached hydrogens (primary N) is 1. The third-order valence-electron chi connectivity index (χ3n) is 2.29. The van der Waals surface area contributed by atoms with E-state index >= 15 is 0 Å². The molecule has 0 bridgehead atoms. The van der Waals surface area contributed by atoms with Crippen molar-refractivity contribution in [3.05, 3.63) is 16.1 Å². The van der Waals surface area contributed by atoms with E-state index in [1.807, 2.05) is 6.92 Å². The Balaban J connectivity index is 2.65. The third kappa shape index (κ3) is 3.51. The quantitative estimate of drug-likeness (QED) is 0.813. The van der Waals surface area contributed by atoms with Crippen LogP contribution < -0.4 is 5.73 Å². The molecule has 0 aromatic carbocycles. The van der Waals surface area contributed by atoms with Crippen LogP contribution in [0.25, 0.3) is 0 Å². The van der Waals surface area contributed by atoms with Gasteiger partial charge in [0.15, 0.2) is 0 Å². The number of rotatable bonds is 6. The largest absolute Gasteiger partial charge is 0.330 e. The molecule has 0 fully saturated rings. The monoisotopic (exact) mass is 263 g/mol. The number of aromatic nitrogens is 1. The van der Waals surface area contributed by atoms with Crippen LogP contribution in [0.3, 0.4) is 0 Å². The first-order valence-corrected chi connectivity index (χ1v) is 7.49. The lowest BCUT2D eigenvalue weighted by Crippen LogP contribution is -2.29. The van der Waals surface area contributed by atoms with Crippen LogP contribution in [0.2, 0.25) is 0 Å². The molecule has 1 heterocycles. The molecule has 0 amide bonds. The van der Waals surface area contributed by atoms with Crippen molar-refractivity contribution < 1.29 is 8.42 Å². The second-order valence-electron chi connectivity index (χ2n) is 3.58. The Labute approximate surface area is 100 Å². The van der Waals surface area contributed by atoms with E-state index in [1.165, 1.54) is 15.6 Å². The number of nitrogens with zero attached hydrogens (tertiary/aromatic N) is 2. The number of hydrogen-bond acceptors (Lipinski definition) is 5. The number of sulfonamides is 1. The molecule has 92 valence electrons. The highest BCUT2D eigenvalue weighted by atomic mass is 32.2. The third-order valence-corrected chi connectivity index (χ3v) is 5.10. The molecule has 0 aliphatic rings. The van der Waals surface area contributed by atoms with E-state index in [4.69, 9.17) is 5.73 Å². The van der Waals surface area contributed by atoms with Gasteiger partial charge < -0.3 is 5.73 Å². The topological polar surface area (TPSA) is 76.3 Å². The van der Waals surface area contributed by atoms with E-state index in [-0.39, 0.29) is 5.75 Å². The Kier molecular flexibility index (Phi) is 4.85. The van der Waals surface area contributed by atoms with E-state index in [0.29, 0.717) is 19.5 Å². The van der Waals surface area contributed by atoms with E-state index in [0.717, 1.165) is 10.6 Å². The van der Waals surface area contributed by atoms with Gasteiger partial charge in [-0.15, -0.1) is 11.3 Å². The summed E-state index contributed by atoms with van der Waals surface area (Å²) in [6, 6.07) is 0. The Morgan fingerprint density at radius 2 is 2.25 bits per heavy atom. The van der Waals surface area contributed by atoms with Gasteiger partial charge in [-0.25, -0.2) is 13.4 Å². The van der Waals surface area contributed by atoms with Crippen LogP contribution in [0.15, 0.2) is 5.51 Å². The SMILES string of the molecule is Cc1ncsc1CN(C)S(=O)(=O)CCCN. The standard InChI is InChI=1S/C9H17N3O2S2/c1-8-9(15-7-11-8)6-12(2)16(13,14)5-3-4-10/h7H,3-6,10H2,1-2H3. The molecular formula is C9H17N3O2S2. The fourth-order valence-corrected chi connectivity index (χ4v) is 3.28. The van der Waals surface area contributed by atoms with E-state index in [1.54, 1.807) is 12.6 Å². The van der Waals surface area contributed by atoms with Crippen molar-refractivity contribution in [2.75, 3.05) is 19.3 Å². The fourth-order valence-electron chi connectivity index (χ4n) is 1.20. The molecule has 5 nitrogen and oxygen atoms in total. The Morgan fingerprint density at radius 3 is 2.75 bits per heavy atom. The van der Waals surface area contributed by atoms with Gasteiger partial charge in [-0.1, -0.05) is 0 Å². The smallest absolute Gasteiger partial charge is 0.214 e. The van der Waals surface area contributed by atoms with Crippen molar-refractivity contribution in [1.29, 1.82) is 0 Å². The predicted octanol–water partition coefficient (Wildman–Crippen LogP) is 0.562. The van der Waals surface area contributed by atoms with Gasteiger partial charge in [0, 0.05) is 18.5 Å². The van der Waals surface area contributed by atoms with Crippen LogP contribution in [0, 0.1) is 6.92 Å². The average molecular weight is 263 g/mol. The molecule has 0 saturated heterocycles. The van der Waals surface area contributed by atoms with Crippen molar-refractivity contribution in [2.24, 2.45) is 5.73 Å². The minimum Gasteiger partial charge on any atom is -0.330 e. The lowest BCUT2D eigenvalue weighted by molar-refractivity contribution is 0.467. The summed E-state index contributed by atoms with van der Waals surface area (Å²) in [5, 5.41) is 0. The lowest BCUT2D eigenvalue weighted by Gasteiger charge is -2.16. The van der Waals surface area contributed by atoms with Gasteiger partial charge in [0.25, 0.3) is 0 Å². The molecule has 1 aromatic heterocycles. The van der Waals surface area contributed by atoms with Crippen LogP contribution in [-0.4, -0.2) is 37.1 Å².